The molecule has 0 aliphatic rings. The predicted octanol–water partition coefficient (Wildman–Crippen LogP) is 1.54. The molecule has 0 saturated heterocycles. The molecule has 0 saturated carbocycles. The van der Waals surface area contributed by atoms with Crippen molar-refractivity contribution in [1.82, 2.24) is 29.1 Å². The molecular formula is C16H18F3N7O2. The zero-order valence-electron chi connectivity index (χ0n) is 15.4. The van der Waals surface area contributed by atoms with Crippen molar-refractivity contribution in [2.75, 3.05) is 13.7 Å². The zero-order valence-corrected chi connectivity index (χ0v) is 15.4. The highest BCUT2D eigenvalue weighted by Gasteiger charge is 2.39. The summed E-state index contributed by atoms with van der Waals surface area (Å²) >= 11 is 0. The van der Waals surface area contributed by atoms with Crippen LogP contribution in [0.1, 0.15) is 22.0 Å². The third-order valence-corrected chi connectivity index (χ3v) is 4.30. The van der Waals surface area contributed by atoms with E-state index in [4.69, 9.17) is 10.5 Å². The molecule has 9 nitrogen and oxygen atoms in total. The monoisotopic (exact) mass is 397 g/mol. The molecule has 0 radical (unpaired) electrons. The van der Waals surface area contributed by atoms with Crippen molar-refractivity contribution < 1.29 is 22.7 Å². The molecule has 3 heterocycles. The molecular weight excluding hydrogens is 379 g/mol. The fourth-order valence-corrected chi connectivity index (χ4v) is 2.85. The normalized spacial score (nSPS) is 11.9. The summed E-state index contributed by atoms with van der Waals surface area (Å²) in [6.07, 6.45) is -0.890. The lowest BCUT2D eigenvalue weighted by atomic mass is 10.2. The smallest absolute Gasteiger partial charge is 0.383 e. The minimum Gasteiger partial charge on any atom is -0.383 e. The van der Waals surface area contributed by atoms with E-state index in [1.165, 1.54) is 24.0 Å². The number of ether oxygens (including phenoxy) is 1. The van der Waals surface area contributed by atoms with Gasteiger partial charge in [-0.1, -0.05) is 0 Å². The Kier molecular flexibility index (Phi) is 4.98. The van der Waals surface area contributed by atoms with Gasteiger partial charge in [-0.25, -0.2) is 9.67 Å². The third-order valence-electron chi connectivity index (χ3n) is 4.30. The van der Waals surface area contributed by atoms with Crippen molar-refractivity contribution in [1.29, 1.82) is 0 Å². The fraction of sp³-hybridized carbons (Fsp3) is 0.375. The number of hydrogen-bond donors (Lipinski definition) is 1. The van der Waals surface area contributed by atoms with Crippen molar-refractivity contribution in [3.8, 4) is 16.9 Å². The second-order valence-electron chi connectivity index (χ2n) is 6.06. The van der Waals surface area contributed by atoms with E-state index in [0.717, 1.165) is 10.9 Å². The highest BCUT2D eigenvalue weighted by Crippen LogP contribution is 2.37. The first kappa shape index (κ1) is 19.6. The largest absolute Gasteiger partial charge is 0.435 e. The summed E-state index contributed by atoms with van der Waals surface area (Å²) < 4.78 is 49.7. The van der Waals surface area contributed by atoms with Crippen LogP contribution in [-0.2, 0) is 24.5 Å². The lowest BCUT2D eigenvalue weighted by molar-refractivity contribution is -0.140. The summed E-state index contributed by atoms with van der Waals surface area (Å²) in [7, 11) is 2.96. The Morgan fingerprint density at radius 1 is 1.32 bits per heavy atom. The van der Waals surface area contributed by atoms with Crippen LogP contribution >= 0.6 is 0 Å². The Labute approximate surface area is 157 Å². The van der Waals surface area contributed by atoms with E-state index in [0.29, 0.717) is 24.5 Å². The van der Waals surface area contributed by atoms with Gasteiger partial charge in [0.15, 0.2) is 11.5 Å². The Morgan fingerprint density at radius 3 is 2.61 bits per heavy atom. The average Bonchev–Trinajstić information content (AvgIpc) is 3.29. The number of nitrogens with two attached hydrogens (primary N) is 1. The van der Waals surface area contributed by atoms with E-state index < -0.39 is 17.8 Å². The van der Waals surface area contributed by atoms with Crippen molar-refractivity contribution in [3.63, 3.8) is 0 Å². The lowest BCUT2D eigenvalue weighted by Gasteiger charge is -2.07. The number of imidazole rings is 1. The van der Waals surface area contributed by atoms with Gasteiger partial charge in [0.05, 0.1) is 42.5 Å². The first-order chi connectivity index (χ1) is 13.1. The molecule has 150 valence electrons. The molecule has 12 heteroatoms. The number of amides is 1. The van der Waals surface area contributed by atoms with Gasteiger partial charge in [0.2, 0.25) is 0 Å². The first-order valence-electron chi connectivity index (χ1n) is 8.15. The SMILES string of the molecule is COCCn1ncc(-n2cc(-c3cnc(C(N)=O)n3C)c(C(F)(F)F)n2)c1C. The van der Waals surface area contributed by atoms with Gasteiger partial charge in [0.25, 0.3) is 5.91 Å². The van der Waals surface area contributed by atoms with E-state index in [1.54, 1.807) is 18.7 Å². The number of rotatable bonds is 6. The quantitative estimate of drug-likeness (QED) is 0.679. The molecule has 0 spiro atoms. The Hall–Kier alpha value is -3.15. The molecule has 0 unspecified atom stereocenters. The van der Waals surface area contributed by atoms with Gasteiger partial charge in [-0.05, 0) is 6.92 Å². The van der Waals surface area contributed by atoms with Gasteiger partial charge in [0.1, 0.15) is 5.69 Å². The maximum Gasteiger partial charge on any atom is 0.435 e. The van der Waals surface area contributed by atoms with E-state index in [-0.39, 0.29) is 17.1 Å². The minimum absolute atomic E-state index is 0.0665. The molecule has 3 aromatic rings. The summed E-state index contributed by atoms with van der Waals surface area (Å²) in [5.41, 5.74) is 4.97. The number of nitrogens with zero attached hydrogens (tertiary/aromatic N) is 6. The molecule has 28 heavy (non-hydrogen) atoms. The highest BCUT2D eigenvalue weighted by molar-refractivity contribution is 5.90. The maximum atomic E-state index is 13.6. The second kappa shape index (κ2) is 7.11. The van der Waals surface area contributed by atoms with E-state index >= 15 is 0 Å². The predicted molar refractivity (Wildman–Crippen MR) is 91.7 cm³/mol. The fourth-order valence-electron chi connectivity index (χ4n) is 2.85. The number of hydrogen-bond acceptors (Lipinski definition) is 5. The number of primary amides is 1. The first-order valence-corrected chi connectivity index (χ1v) is 8.15. The second-order valence-corrected chi connectivity index (χ2v) is 6.06. The molecule has 0 aliphatic carbocycles. The average molecular weight is 397 g/mol. The maximum absolute atomic E-state index is 13.6. The van der Waals surface area contributed by atoms with Crippen LogP contribution in [0.3, 0.4) is 0 Å². The molecule has 3 rings (SSSR count). The molecule has 0 aliphatic heterocycles. The molecule has 0 aromatic carbocycles. The van der Waals surface area contributed by atoms with Gasteiger partial charge >= 0.3 is 6.18 Å². The van der Waals surface area contributed by atoms with Crippen molar-refractivity contribution in [2.45, 2.75) is 19.6 Å². The van der Waals surface area contributed by atoms with Crippen molar-refractivity contribution >= 4 is 5.91 Å². The Morgan fingerprint density at radius 2 is 2.04 bits per heavy atom. The van der Waals surface area contributed by atoms with Gasteiger partial charge in [-0.3, -0.25) is 9.48 Å². The van der Waals surface area contributed by atoms with Crippen molar-refractivity contribution in [2.24, 2.45) is 12.8 Å². The third kappa shape index (κ3) is 3.38. The van der Waals surface area contributed by atoms with Gasteiger partial charge in [0, 0.05) is 20.4 Å². The van der Waals surface area contributed by atoms with Crippen LogP contribution < -0.4 is 5.73 Å². The summed E-state index contributed by atoms with van der Waals surface area (Å²) in [5, 5.41) is 7.89. The molecule has 0 atom stereocenters. The number of alkyl halides is 3. The molecule has 0 fully saturated rings. The van der Waals surface area contributed by atoms with Crippen molar-refractivity contribution in [3.05, 3.63) is 35.8 Å². The number of aromatic nitrogens is 6. The van der Waals surface area contributed by atoms with Gasteiger partial charge in [-0.15, -0.1) is 0 Å². The summed E-state index contributed by atoms with van der Waals surface area (Å²) in [6, 6.07) is 0. The van der Waals surface area contributed by atoms with Crippen LogP contribution in [0.2, 0.25) is 0 Å². The zero-order chi connectivity index (χ0) is 20.6. The number of carbonyl (C=O) groups is 1. The molecule has 3 aromatic heterocycles. The van der Waals surface area contributed by atoms with E-state index in [2.05, 4.69) is 15.2 Å². The topological polar surface area (TPSA) is 106 Å². The Balaban J connectivity index is 2.12. The van der Waals surface area contributed by atoms with Gasteiger partial charge in [-0.2, -0.15) is 23.4 Å². The lowest BCUT2D eigenvalue weighted by Crippen LogP contribution is -2.17. The Bertz CT molecular complexity index is 1020. The summed E-state index contributed by atoms with van der Waals surface area (Å²) in [6.45, 7) is 2.58. The standard InChI is InChI=1S/C16H18F3N7O2/c1-9-11(7-22-25(9)4-5-28-3)26-8-10(13(23-26)16(17,18)19)12-6-21-15(14(20)27)24(12)2/h6-8H,4-5H2,1-3H3,(H2,20,27). The summed E-state index contributed by atoms with van der Waals surface area (Å²) in [4.78, 5) is 15.2. The summed E-state index contributed by atoms with van der Waals surface area (Å²) in [5.74, 6) is -0.996. The van der Waals surface area contributed by atoms with Crippen LogP contribution in [0.5, 0.6) is 0 Å². The van der Waals surface area contributed by atoms with Crippen LogP contribution in [0.25, 0.3) is 16.9 Å². The van der Waals surface area contributed by atoms with Crippen LogP contribution in [0, 0.1) is 6.92 Å². The van der Waals surface area contributed by atoms with Gasteiger partial charge < -0.3 is 15.0 Å². The molecule has 2 N–H and O–H groups in total. The van der Waals surface area contributed by atoms with Crippen LogP contribution in [0.4, 0.5) is 13.2 Å². The van der Waals surface area contributed by atoms with Crippen LogP contribution in [-0.4, -0.2) is 48.7 Å². The van der Waals surface area contributed by atoms with E-state index in [9.17, 15) is 18.0 Å². The highest BCUT2D eigenvalue weighted by atomic mass is 19.4. The number of carbonyl (C=O) groups excluding carboxylic acids is 1. The molecule has 1 amide bonds. The number of methoxy groups -OCH3 is 1. The number of halogens is 3. The van der Waals surface area contributed by atoms with E-state index in [1.807, 2.05) is 0 Å². The molecule has 0 bridgehead atoms. The van der Waals surface area contributed by atoms with Crippen LogP contribution in [0.15, 0.2) is 18.6 Å². The minimum atomic E-state index is -4.71.